The summed E-state index contributed by atoms with van der Waals surface area (Å²) in [6, 6.07) is 15.4. The van der Waals surface area contributed by atoms with Gasteiger partial charge in [0, 0.05) is 8.59 Å². The fourth-order valence-corrected chi connectivity index (χ4v) is 2.99. The fraction of sp³-hybridized carbons (Fsp3) is 0.188. The van der Waals surface area contributed by atoms with Gasteiger partial charge in [0.15, 0.2) is 0 Å². The highest BCUT2D eigenvalue weighted by atomic mass is 127. The van der Waals surface area contributed by atoms with Crippen LogP contribution in [-0.4, -0.2) is 5.91 Å². The van der Waals surface area contributed by atoms with Gasteiger partial charge in [-0.15, -0.1) is 0 Å². The lowest BCUT2D eigenvalue weighted by Crippen LogP contribution is -2.28. The van der Waals surface area contributed by atoms with Crippen molar-refractivity contribution in [3.8, 4) is 0 Å². The Morgan fingerprint density at radius 3 is 2.35 bits per heavy atom. The summed E-state index contributed by atoms with van der Waals surface area (Å²) in [5.74, 6) is 0.0731. The third-order valence-electron chi connectivity index (χ3n) is 3.70. The Hall–Kier alpha value is -1.07. The molecule has 4 heteroatoms. The van der Waals surface area contributed by atoms with Crippen LogP contribution in [-0.2, 0) is 10.2 Å². The van der Waals surface area contributed by atoms with Crippen molar-refractivity contribution in [3.63, 3.8) is 0 Å². The van der Waals surface area contributed by atoms with Crippen molar-refractivity contribution >= 4 is 45.8 Å². The summed E-state index contributed by atoms with van der Waals surface area (Å²) in [6.45, 7) is 0. The van der Waals surface area contributed by atoms with Crippen molar-refractivity contribution in [2.75, 3.05) is 5.32 Å². The van der Waals surface area contributed by atoms with Gasteiger partial charge in [0.25, 0.3) is 0 Å². The molecule has 1 aliphatic rings. The van der Waals surface area contributed by atoms with Crippen LogP contribution >= 0.6 is 34.2 Å². The van der Waals surface area contributed by atoms with Gasteiger partial charge in [0.2, 0.25) is 5.91 Å². The van der Waals surface area contributed by atoms with Gasteiger partial charge >= 0.3 is 0 Å². The van der Waals surface area contributed by atoms with Gasteiger partial charge in [0.1, 0.15) is 0 Å². The van der Waals surface area contributed by atoms with Crippen LogP contribution in [0.3, 0.4) is 0 Å². The van der Waals surface area contributed by atoms with Crippen LogP contribution in [0.25, 0.3) is 0 Å². The first kappa shape index (κ1) is 13.9. The molecule has 102 valence electrons. The minimum atomic E-state index is -0.372. The number of rotatable bonds is 3. The van der Waals surface area contributed by atoms with Crippen LogP contribution in [0.15, 0.2) is 48.5 Å². The number of para-hydroxylation sites is 1. The molecule has 1 N–H and O–H groups in total. The molecule has 0 radical (unpaired) electrons. The van der Waals surface area contributed by atoms with E-state index >= 15 is 0 Å². The zero-order valence-electron chi connectivity index (χ0n) is 10.7. The molecule has 1 amide bonds. The Labute approximate surface area is 136 Å². The second-order valence-corrected chi connectivity index (χ2v) is 6.62. The summed E-state index contributed by atoms with van der Waals surface area (Å²) >= 11 is 8.14. The van der Waals surface area contributed by atoms with Crippen molar-refractivity contribution in [3.05, 3.63) is 62.7 Å². The lowest BCUT2D eigenvalue weighted by Gasteiger charge is -2.16. The van der Waals surface area contributed by atoms with E-state index in [9.17, 15) is 4.79 Å². The van der Waals surface area contributed by atoms with Gasteiger partial charge in [-0.1, -0.05) is 35.9 Å². The Balaban J connectivity index is 1.84. The number of nitrogens with one attached hydrogen (secondary N) is 1. The summed E-state index contributed by atoms with van der Waals surface area (Å²) in [5, 5.41) is 3.74. The van der Waals surface area contributed by atoms with Gasteiger partial charge in [0.05, 0.1) is 11.1 Å². The maximum absolute atomic E-state index is 12.6. The molecule has 2 aromatic carbocycles. The summed E-state index contributed by atoms with van der Waals surface area (Å²) in [6.07, 6.45) is 1.79. The second-order valence-electron chi connectivity index (χ2n) is 5.02. The highest BCUT2D eigenvalue weighted by molar-refractivity contribution is 14.1. The van der Waals surface area contributed by atoms with E-state index in [-0.39, 0.29) is 11.3 Å². The van der Waals surface area contributed by atoms with E-state index < -0.39 is 0 Å². The molecule has 0 bridgehead atoms. The van der Waals surface area contributed by atoms with E-state index in [0.29, 0.717) is 5.02 Å². The maximum atomic E-state index is 12.6. The third kappa shape index (κ3) is 2.56. The predicted octanol–water partition coefficient (Wildman–Crippen LogP) is 4.61. The van der Waals surface area contributed by atoms with Crippen LogP contribution in [0.5, 0.6) is 0 Å². The zero-order valence-corrected chi connectivity index (χ0v) is 13.6. The molecule has 20 heavy (non-hydrogen) atoms. The fourth-order valence-electron chi connectivity index (χ4n) is 2.35. The van der Waals surface area contributed by atoms with E-state index in [1.54, 1.807) is 0 Å². The monoisotopic (exact) mass is 397 g/mol. The standard InChI is InChI=1S/C16H13ClINO/c17-12-7-5-11(6-8-12)16(9-10-16)15(20)19-14-4-2-1-3-13(14)18/h1-8H,9-10H2,(H,19,20). The topological polar surface area (TPSA) is 29.1 Å². The number of hydrogen-bond acceptors (Lipinski definition) is 1. The second kappa shape index (κ2) is 5.37. The smallest absolute Gasteiger partial charge is 0.235 e. The maximum Gasteiger partial charge on any atom is 0.235 e. The van der Waals surface area contributed by atoms with Crippen molar-refractivity contribution in [2.45, 2.75) is 18.3 Å². The van der Waals surface area contributed by atoms with Crippen molar-refractivity contribution in [2.24, 2.45) is 0 Å². The van der Waals surface area contributed by atoms with Crippen molar-refractivity contribution in [1.82, 2.24) is 0 Å². The van der Waals surface area contributed by atoms with Gasteiger partial charge in [-0.3, -0.25) is 4.79 Å². The SMILES string of the molecule is O=C(Nc1ccccc1I)C1(c2ccc(Cl)cc2)CC1. The number of amides is 1. The molecule has 0 spiro atoms. The van der Waals surface area contributed by atoms with E-state index in [4.69, 9.17) is 11.6 Å². The minimum Gasteiger partial charge on any atom is -0.324 e. The molecule has 3 rings (SSSR count). The van der Waals surface area contributed by atoms with Gasteiger partial charge in [-0.25, -0.2) is 0 Å². The minimum absolute atomic E-state index is 0.0731. The molecular formula is C16H13ClINO. The normalized spacial score (nSPS) is 15.7. The molecule has 2 aromatic rings. The molecular weight excluding hydrogens is 385 g/mol. The number of hydrogen-bond donors (Lipinski definition) is 1. The Bertz CT molecular complexity index is 650. The quantitative estimate of drug-likeness (QED) is 0.753. The highest BCUT2D eigenvalue weighted by Gasteiger charge is 2.51. The third-order valence-corrected chi connectivity index (χ3v) is 4.90. The molecule has 0 heterocycles. The van der Waals surface area contributed by atoms with Gasteiger partial charge < -0.3 is 5.32 Å². The summed E-state index contributed by atoms with van der Waals surface area (Å²) in [5.41, 5.74) is 1.55. The summed E-state index contributed by atoms with van der Waals surface area (Å²) in [4.78, 5) is 12.6. The molecule has 0 aliphatic heterocycles. The van der Waals surface area contributed by atoms with Crippen molar-refractivity contribution in [1.29, 1.82) is 0 Å². The van der Waals surface area contributed by atoms with E-state index in [1.807, 2.05) is 48.5 Å². The van der Waals surface area contributed by atoms with Crippen LogP contribution in [0.4, 0.5) is 5.69 Å². The molecule has 0 saturated heterocycles. The predicted molar refractivity (Wildman–Crippen MR) is 90.2 cm³/mol. The average Bonchev–Trinajstić information content (AvgIpc) is 3.24. The first-order valence-corrected chi connectivity index (χ1v) is 7.89. The zero-order chi connectivity index (χ0) is 14.2. The number of carbonyl (C=O) groups is 1. The first-order valence-electron chi connectivity index (χ1n) is 6.44. The number of anilines is 1. The molecule has 1 fully saturated rings. The summed E-state index contributed by atoms with van der Waals surface area (Å²) < 4.78 is 1.05. The van der Waals surface area contributed by atoms with Gasteiger partial charge in [-0.2, -0.15) is 0 Å². The molecule has 1 aliphatic carbocycles. The lowest BCUT2D eigenvalue weighted by atomic mass is 9.95. The molecule has 0 aromatic heterocycles. The van der Waals surface area contributed by atoms with E-state index in [1.165, 1.54) is 0 Å². The number of halogens is 2. The average molecular weight is 398 g/mol. The first-order chi connectivity index (χ1) is 9.62. The van der Waals surface area contributed by atoms with Crippen LogP contribution < -0.4 is 5.32 Å². The summed E-state index contributed by atoms with van der Waals surface area (Å²) in [7, 11) is 0. The number of benzene rings is 2. The van der Waals surface area contributed by atoms with E-state index in [0.717, 1.165) is 27.7 Å². The molecule has 0 atom stereocenters. The van der Waals surface area contributed by atoms with Crippen LogP contribution in [0, 0.1) is 3.57 Å². The highest BCUT2D eigenvalue weighted by Crippen LogP contribution is 2.49. The largest absolute Gasteiger partial charge is 0.324 e. The Kier molecular flexibility index (Phi) is 3.73. The van der Waals surface area contributed by atoms with Gasteiger partial charge in [-0.05, 0) is 65.3 Å². The number of carbonyl (C=O) groups excluding carboxylic acids is 1. The lowest BCUT2D eigenvalue weighted by molar-refractivity contribution is -0.118. The molecule has 0 unspecified atom stereocenters. The van der Waals surface area contributed by atoms with E-state index in [2.05, 4.69) is 27.9 Å². The Morgan fingerprint density at radius 2 is 1.75 bits per heavy atom. The molecule has 2 nitrogen and oxygen atoms in total. The Morgan fingerprint density at radius 1 is 1.10 bits per heavy atom. The van der Waals surface area contributed by atoms with Crippen LogP contribution in [0.2, 0.25) is 5.02 Å². The van der Waals surface area contributed by atoms with Crippen molar-refractivity contribution < 1.29 is 4.79 Å². The van der Waals surface area contributed by atoms with Crippen LogP contribution in [0.1, 0.15) is 18.4 Å². The molecule has 1 saturated carbocycles.